The molecule has 3 rings (SSSR count). The molecule has 2 heterocycles. The summed E-state index contributed by atoms with van der Waals surface area (Å²) in [6.07, 6.45) is 1.62. The molecule has 0 saturated carbocycles. The fourth-order valence-corrected chi connectivity index (χ4v) is 2.57. The van der Waals surface area contributed by atoms with Gasteiger partial charge in [0.25, 0.3) is 5.91 Å². The minimum Gasteiger partial charge on any atom is -0.467 e. The second-order valence-corrected chi connectivity index (χ2v) is 5.44. The highest BCUT2D eigenvalue weighted by molar-refractivity contribution is 6.06. The first kappa shape index (κ1) is 14.3. The van der Waals surface area contributed by atoms with E-state index in [1.165, 1.54) is 0 Å². The number of nitrogens with zero attached hydrogens (tertiary/aromatic N) is 2. The van der Waals surface area contributed by atoms with Gasteiger partial charge in [0.1, 0.15) is 5.76 Å². The fourth-order valence-electron chi connectivity index (χ4n) is 2.57. The Balaban J connectivity index is 2.02. The van der Waals surface area contributed by atoms with E-state index in [9.17, 15) is 4.79 Å². The topological polar surface area (TPSA) is 46.3 Å². The molecule has 0 bridgehead atoms. The van der Waals surface area contributed by atoms with Crippen LogP contribution in [0.3, 0.4) is 0 Å². The van der Waals surface area contributed by atoms with E-state index in [1.54, 1.807) is 18.2 Å². The Hall–Kier alpha value is -2.62. The van der Waals surface area contributed by atoms with E-state index >= 15 is 0 Å². The lowest BCUT2D eigenvalue weighted by Crippen LogP contribution is -2.29. The lowest BCUT2D eigenvalue weighted by molar-refractivity contribution is 0.0728. The predicted octanol–water partition coefficient (Wildman–Crippen LogP) is 3.97. The van der Waals surface area contributed by atoms with E-state index in [4.69, 9.17) is 4.42 Å². The zero-order chi connectivity index (χ0) is 15.7. The van der Waals surface area contributed by atoms with Gasteiger partial charge in [0.2, 0.25) is 0 Å². The van der Waals surface area contributed by atoms with Gasteiger partial charge in [0.05, 0.1) is 23.4 Å². The molecule has 112 valence electrons. The normalized spacial score (nSPS) is 12.3. The number of carbonyl (C=O) groups excluding carboxylic acids is 1. The zero-order valence-corrected chi connectivity index (χ0v) is 12.9. The molecule has 4 nitrogen and oxygen atoms in total. The average Bonchev–Trinajstić information content (AvgIpc) is 3.06. The van der Waals surface area contributed by atoms with Crippen molar-refractivity contribution in [2.75, 3.05) is 7.05 Å². The van der Waals surface area contributed by atoms with Gasteiger partial charge in [-0.25, -0.2) is 0 Å². The minimum atomic E-state index is -0.130. The standard InChI is InChI=1S/C18H18N2O2/c1-12-11-15(14-7-4-5-8-16(14)19-12)18(21)20(3)13(2)17-9-6-10-22-17/h4-11,13H,1-3H3. The van der Waals surface area contributed by atoms with Crippen molar-refractivity contribution in [2.45, 2.75) is 19.9 Å². The minimum absolute atomic E-state index is 0.0365. The van der Waals surface area contributed by atoms with Crippen molar-refractivity contribution in [3.8, 4) is 0 Å². The molecule has 0 spiro atoms. The van der Waals surface area contributed by atoms with Gasteiger partial charge < -0.3 is 9.32 Å². The molecule has 3 aromatic rings. The van der Waals surface area contributed by atoms with Crippen LogP contribution in [-0.2, 0) is 0 Å². The molecule has 0 aliphatic rings. The molecule has 4 heteroatoms. The van der Waals surface area contributed by atoms with Crippen molar-refractivity contribution in [3.05, 3.63) is 65.7 Å². The number of aryl methyl sites for hydroxylation is 1. The summed E-state index contributed by atoms with van der Waals surface area (Å²) in [4.78, 5) is 19.1. The molecule has 0 saturated heterocycles. The molecule has 0 fully saturated rings. The summed E-state index contributed by atoms with van der Waals surface area (Å²) in [7, 11) is 1.79. The highest BCUT2D eigenvalue weighted by atomic mass is 16.3. The third-order valence-electron chi connectivity index (χ3n) is 3.93. The van der Waals surface area contributed by atoms with Gasteiger partial charge in [-0.2, -0.15) is 0 Å². The van der Waals surface area contributed by atoms with Gasteiger partial charge >= 0.3 is 0 Å². The van der Waals surface area contributed by atoms with Gasteiger partial charge in [-0.15, -0.1) is 0 Å². The van der Waals surface area contributed by atoms with Crippen molar-refractivity contribution in [2.24, 2.45) is 0 Å². The Kier molecular flexibility index (Phi) is 3.67. The highest BCUT2D eigenvalue weighted by Crippen LogP contribution is 2.24. The van der Waals surface area contributed by atoms with Crippen LogP contribution in [-0.4, -0.2) is 22.8 Å². The molecule has 22 heavy (non-hydrogen) atoms. The van der Waals surface area contributed by atoms with Crippen LogP contribution in [0.25, 0.3) is 10.9 Å². The van der Waals surface area contributed by atoms with E-state index in [0.717, 1.165) is 22.4 Å². The van der Waals surface area contributed by atoms with Crippen LogP contribution in [0.2, 0.25) is 0 Å². The first-order chi connectivity index (χ1) is 10.6. The summed E-state index contributed by atoms with van der Waals surface area (Å²) in [6.45, 7) is 3.85. The predicted molar refractivity (Wildman–Crippen MR) is 85.7 cm³/mol. The molecule has 0 radical (unpaired) electrons. The summed E-state index contributed by atoms with van der Waals surface area (Å²) in [5.74, 6) is 0.733. The van der Waals surface area contributed by atoms with Gasteiger partial charge in [-0.05, 0) is 38.1 Å². The molecule has 1 amide bonds. The van der Waals surface area contributed by atoms with Crippen molar-refractivity contribution in [3.63, 3.8) is 0 Å². The maximum absolute atomic E-state index is 12.9. The van der Waals surface area contributed by atoms with Crippen LogP contribution in [0, 0.1) is 6.92 Å². The average molecular weight is 294 g/mol. The van der Waals surface area contributed by atoms with Gasteiger partial charge in [-0.3, -0.25) is 9.78 Å². The summed E-state index contributed by atoms with van der Waals surface area (Å²) >= 11 is 0. The van der Waals surface area contributed by atoms with Gasteiger partial charge in [0, 0.05) is 18.1 Å². The van der Waals surface area contributed by atoms with Crippen LogP contribution in [0.1, 0.15) is 34.8 Å². The van der Waals surface area contributed by atoms with E-state index in [0.29, 0.717) is 5.56 Å². The smallest absolute Gasteiger partial charge is 0.254 e. The largest absolute Gasteiger partial charge is 0.467 e. The number of furan rings is 1. The van der Waals surface area contributed by atoms with Gasteiger partial charge in [-0.1, -0.05) is 18.2 Å². The lowest BCUT2D eigenvalue weighted by atomic mass is 10.1. The quantitative estimate of drug-likeness (QED) is 0.734. The number of pyridine rings is 1. The van der Waals surface area contributed by atoms with E-state index < -0.39 is 0 Å². The molecule has 1 unspecified atom stereocenters. The summed E-state index contributed by atoms with van der Waals surface area (Å²) < 4.78 is 5.41. The molecular formula is C18H18N2O2. The monoisotopic (exact) mass is 294 g/mol. The molecular weight excluding hydrogens is 276 g/mol. The van der Waals surface area contributed by atoms with Crippen LogP contribution >= 0.6 is 0 Å². The number of fused-ring (bicyclic) bond motifs is 1. The number of amides is 1. The van der Waals surface area contributed by atoms with Crippen LogP contribution < -0.4 is 0 Å². The zero-order valence-electron chi connectivity index (χ0n) is 12.9. The van der Waals surface area contributed by atoms with E-state index in [2.05, 4.69) is 4.98 Å². The second kappa shape index (κ2) is 5.64. The molecule has 0 aliphatic heterocycles. The van der Waals surface area contributed by atoms with E-state index in [-0.39, 0.29) is 11.9 Å². The summed E-state index contributed by atoms with van der Waals surface area (Å²) in [5.41, 5.74) is 2.34. The van der Waals surface area contributed by atoms with Gasteiger partial charge in [0.15, 0.2) is 0 Å². The molecule has 2 aromatic heterocycles. The van der Waals surface area contributed by atoms with Crippen LogP contribution in [0.5, 0.6) is 0 Å². The SMILES string of the molecule is Cc1cc(C(=O)N(C)C(C)c2ccco2)c2ccccc2n1. The number of carbonyl (C=O) groups is 1. The van der Waals surface area contributed by atoms with Crippen molar-refractivity contribution >= 4 is 16.8 Å². The Bertz CT molecular complexity index is 809. The molecule has 0 N–H and O–H groups in total. The number of hydrogen-bond donors (Lipinski definition) is 0. The fraction of sp³-hybridized carbons (Fsp3) is 0.222. The van der Waals surface area contributed by atoms with Crippen LogP contribution in [0.15, 0.2) is 53.1 Å². The van der Waals surface area contributed by atoms with Crippen LogP contribution in [0.4, 0.5) is 0 Å². The molecule has 0 aliphatic carbocycles. The number of benzene rings is 1. The lowest BCUT2D eigenvalue weighted by Gasteiger charge is -2.24. The van der Waals surface area contributed by atoms with Crippen molar-refractivity contribution in [1.29, 1.82) is 0 Å². The Labute approximate surface area is 129 Å². The number of aromatic nitrogens is 1. The van der Waals surface area contributed by atoms with E-state index in [1.807, 2.05) is 56.3 Å². The third kappa shape index (κ3) is 2.48. The number of rotatable bonds is 3. The summed E-state index contributed by atoms with van der Waals surface area (Å²) in [6, 6.07) is 13.1. The number of hydrogen-bond acceptors (Lipinski definition) is 3. The first-order valence-corrected chi connectivity index (χ1v) is 7.25. The Morgan fingerprint density at radius 3 is 2.73 bits per heavy atom. The Morgan fingerprint density at radius 2 is 2.00 bits per heavy atom. The molecule has 1 aromatic carbocycles. The van der Waals surface area contributed by atoms with Crippen molar-refractivity contribution in [1.82, 2.24) is 9.88 Å². The highest BCUT2D eigenvalue weighted by Gasteiger charge is 2.22. The Morgan fingerprint density at radius 1 is 1.23 bits per heavy atom. The maximum atomic E-state index is 12.9. The third-order valence-corrected chi connectivity index (χ3v) is 3.93. The maximum Gasteiger partial charge on any atom is 0.254 e. The number of para-hydroxylation sites is 1. The summed E-state index contributed by atoms with van der Waals surface area (Å²) in [5, 5.41) is 0.872. The van der Waals surface area contributed by atoms with Crippen molar-refractivity contribution < 1.29 is 9.21 Å². The first-order valence-electron chi connectivity index (χ1n) is 7.25. The second-order valence-electron chi connectivity index (χ2n) is 5.44. The molecule has 1 atom stereocenters.